The van der Waals surface area contributed by atoms with E-state index in [1.54, 1.807) is 18.1 Å². The molecule has 0 N–H and O–H groups in total. The van der Waals surface area contributed by atoms with Gasteiger partial charge >= 0.3 is 0 Å². The Balaban J connectivity index is 1.44. The number of fused-ring (bicyclic) bond motifs is 2. The number of benzene rings is 4. The molecule has 2 heterocycles. The van der Waals surface area contributed by atoms with Crippen LogP contribution >= 0.6 is 0 Å². The number of rotatable bonds is 12. The van der Waals surface area contributed by atoms with Crippen molar-refractivity contribution in [1.29, 1.82) is 0 Å². The van der Waals surface area contributed by atoms with Gasteiger partial charge in [-0.1, -0.05) is 79.4 Å². The Kier molecular flexibility index (Phi) is 8.89. The first-order valence-electron chi connectivity index (χ1n) is 15.1. The third kappa shape index (κ3) is 5.79. The Morgan fingerprint density at radius 3 is 2.36 bits per heavy atom. The van der Waals surface area contributed by atoms with Crippen molar-refractivity contribution in [3.63, 3.8) is 0 Å². The van der Waals surface area contributed by atoms with E-state index in [2.05, 4.69) is 6.58 Å². The van der Waals surface area contributed by atoms with Gasteiger partial charge in [-0.3, -0.25) is 4.79 Å². The molecule has 1 unspecified atom stereocenters. The van der Waals surface area contributed by atoms with Crippen LogP contribution in [0.25, 0.3) is 5.57 Å². The van der Waals surface area contributed by atoms with Crippen LogP contribution in [-0.2, 0) is 44.2 Å². The molecule has 0 aromatic heterocycles. The van der Waals surface area contributed by atoms with Crippen LogP contribution in [0.2, 0.25) is 0 Å². The number of anilines is 1. The lowest BCUT2D eigenvalue weighted by molar-refractivity contribution is -0.122. The lowest BCUT2D eigenvalue weighted by Crippen LogP contribution is -2.44. The van der Waals surface area contributed by atoms with Crippen LogP contribution in [0, 0.1) is 0 Å². The third-order valence-corrected chi connectivity index (χ3v) is 8.37. The fourth-order valence-corrected chi connectivity index (χ4v) is 6.28. The molecule has 45 heavy (non-hydrogen) atoms. The van der Waals surface area contributed by atoms with Gasteiger partial charge in [0.25, 0.3) is 5.95 Å². The maximum Gasteiger partial charge on any atom is 0.284 e. The summed E-state index contributed by atoms with van der Waals surface area (Å²) < 4.78 is 30.2. The molecule has 0 fully saturated rings. The van der Waals surface area contributed by atoms with Crippen LogP contribution in [0.15, 0.2) is 116 Å². The molecular weight excluding hydrogens is 566 g/mol. The smallest absolute Gasteiger partial charge is 0.284 e. The van der Waals surface area contributed by atoms with Crippen molar-refractivity contribution < 1.29 is 28.5 Å². The minimum Gasteiger partial charge on any atom is -0.497 e. The zero-order valence-electron chi connectivity index (χ0n) is 25.7. The van der Waals surface area contributed by atoms with Gasteiger partial charge in [0.1, 0.15) is 30.1 Å². The van der Waals surface area contributed by atoms with Crippen molar-refractivity contribution in [2.75, 3.05) is 32.3 Å². The molecule has 7 nitrogen and oxygen atoms in total. The number of nitrogens with zero attached hydrogens (tertiary/aromatic N) is 1. The molecule has 0 saturated carbocycles. The third-order valence-electron chi connectivity index (χ3n) is 8.37. The van der Waals surface area contributed by atoms with Gasteiger partial charge in [0, 0.05) is 24.7 Å². The Bertz CT molecular complexity index is 1700. The highest BCUT2D eigenvalue weighted by atomic mass is 16.7. The van der Waals surface area contributed by atoms with Crippen LogP contribution in [0.3, 0.4) is 0 Å². The first-order valence-corrected chi connectivity index (χ1v) is 15.1. The summed E-state index contributed by atoms with van der Waals surface area (Å²) in [5.74, 6) is 1.76. The summed E-state index contributed by atoms with van der Waals surface area (Å²) in [4.78, 5) is 16.4. The van der Waals surface area contributed by atoms with E-state index in [1.807, 2.05) is 104 Å². The number of ether oxygens (including phenoxy) is 5. The second-order valence-corrected chi connectivity index (χ2v) is 11.0. The zero-order valence-corrected chi connectivity index (χ0v) is 25.7. The predicted octanol–water partition coefficient (Wildman–Crippen LogP) is 7.20. The summed E-state index contributed by atoms with van der Waals surface area (Å²) in [6.07, 6.45) is 2.12. The number of amides is 1. The highest BCUT2D eigenvalue weighted by molar-refractivity contribution is 6.16. The van der Waals surface area contributed by atoms with E-state index >= 15 is 0 Å². The highest BCUT2D eigenvalue weighted by Gasteiger charge is 2.57. The molecule has 0 saturated heterocycles. The standard InChI is InChI=1S/C38H37NO6/c1-4-22-43-36-35(32-15-9-8-13-28(32)26-45-31-19-17-30(41-3)18-20-31)38(21-23-44-36)34-29(14-10-16-33(34)39(2)37(38)40)25-42-24-27-11-6-5-7-12-27/h4-20H,1,21-26H2,2-3H3. The molecule has 4 aromatic rings. The van der Waals surface area contributed by atoms with Gasteiger partial charge in [-0.15, -0.1) is 0 Å². The van der Waals surface area contributed by atoms with Gasteiger partial charge in [-0.2, -0.15) is 0 Å². The maximum atomic E-state index is 14.6. The molecule has 1 atom stereocenters. The van der Waals surface area contributed by atoms with Gasteiger partial charge < -0.3 is 28.6 Å². The van der Waals surface area contributed by atoms with Gasteiger partial charge in [0.05, 0.1) is 32.5 Å². The van der Waals surface area contributed by atoms with Gasteiger partial charge in [0.15, 0.2) is 0 Å². The van der Waals surface area contributed by atoms with Crippen molar-refractivity contribution in [3.8, 4) is 11.5 Å². The second kappa shape index (κ2) is 13.3. The molecule has 0 bridgehead atoms. The fourth-order valence-electron chi connectivity index (χ4n) is 6.28. The number of likely N-dealkylation sites (N-methyl/N-ethyl adjacent to an activating group) is 1. The van der Waals surface area contributed by atoms with Gasteiger partial charge in [-0.05, 0) is 52.6 Å². The molecule has 230 valence electrons. The Morgan fingerprint density at radius 1 is 0.844 bits per heavy atom. The summed E-state index contributed by atoms with van der Waals surface area (Å²) >= 11 is 0. The molecule has 2 aliphatic heterocycles. The topological polar surface area (TPSA) is 66.5 Å². The monoisotopic (exact) mass is 603 g/mol. The zero-order chi connectivity index (χ0) is 31.2. The lowest BCUT2D eigenvalue weighted by atomic mass is 9.67. The molecule has 1 amide bonds. The van der Waals surface area contributed by atoms with Crippen molar-refractivity contribution in [1.82, 2.24) is 0 Å². The number of hydrogen-bond acceptors (Lipinski definition) is 6. The van der Waals surface area contributed by atoms with E-state index in [0.29, 0.717) is 43.5 Å². The molecule has 1 spiro atoms. The van der Waals surface area contributed by atoms with Crippen molar-refractivity contribution in [3.05, 3.63) is 143 Å². The lowest BCUT2D eigenvalue weighted by Gasteiger charge is -2.37. The second-order valence-electron chi connectivity index (χ2n) is 11.0. The first-order chi connectivity index (χ1) is 22.1. The van der Waals surface area contributed by atoms with Crippen LogP contribution in [-0.4, -0.2) is 33.3 Å². The summed E-state index contributed by atoms with van der Waals surface area (Å²) in [5.41, 5.74) is 5.19. The van der Waals surface area contributed by atoms with E-state index in [1.165, 1.54) is 0 Å². The molecule has 4 aromatic carbocycles. The normalized spacial score (nSPS) is 17.2. The minimum absolute atomic E-state index is 0.0307. The molecule has 0 radical (unpaired) electrons. The Labute approximate surface area is 264 Å². The van der Waals surface area contributed by atoms with Crippen molar-refractivity contribution >= 4 is 17.2 Å². The Hall–Kier alpha value is -5.01. The quantitative estimate of drug-likeness (QED) is 0.160. The van der Waals surface area contributed by atoms with Crippen LogP contribution in [0.1, 0.15) is 34.2 Å². The van der Waals surface area contributed by atoms with E-state index in [0.717, 1.165) is 39.3 Å². The SMILES string of the molecule is C=CCOC1=C(c2ccccc2COc2ccc(OC)cc2)C2(CCO1)C(=O)N(C)c1cccc(COCc3ccccc3)c12. The highest BCUT2D eigenvalue weighted by Crippen LogP contribution is 2.56. The number of carbonyl (C=O) groups excluding carboxylic acids is 1. The summed E-state index contributed by atoms with van der Waals surface area (Å²) in [7, 11) is 3.47. The molecular formula is C38H37NO6. The van der Waals surface area contributed by atoms with E-state index in [-0.39, 0.29) is 19.1 Å². The molecule has 6 rings (SSSR count). The summed E-state index contributed by atoms with van der Waals surface area (Å²) in [6, 6.07) is 31.5. The summed E-state index contributed by atoms with van der Waals surface area (Å²) in [5, 5.41) is 0. The van der Waals surface area contributed by atoms with Crippen LogP contribution < -0.4 is 14.4 Å². The van der Waals surface area contributed by atoms with E-state index in [4.69, 9.17) is 23.7 Å². The van der Waals surface area contributed by atoms with Gasteiger partial charge in [0.2, 0.25) is 5.91 Å². The van der Waals surface area contributed by atoms with Crippen molar-refractivity contribution in [2.24, 2.45) is 0 Å². The number of hydrogen-bond donors (Lipinski definition) is 0. The number of methoxy groups -OCH3 is 1. The first kappa shape index (κ1) is 30.0. The van der Waals surface area contributed by atoms with Gasteiger partial charge in [-0.25, -0.2) is 0 Å². The fraction of sp³-hybridized carbons (Fsp3) is 0.237. The average Bonchev–Trinajstić information content (AvgIpc) is 3.29. The number of carbonyl (C=O) groups is 1. The van der Waals surface area contributed by atoms with Crippen LogP contribution in [0.5, 0.6) is 11.5 Å². The van der Waals surface area contributed by atoms with E-state index in [9.17, 15) is 4.79 Å². The van der Waals surface area contributed by atoms with E-state index < -0.39 is 5.41 Å². The summed E-state index contributed by atoms with van der Waals surface area (Å²) in [6.45, 7) is 5.47. The minimum atomic E-state index is -1.05. The Morgan fingerprint density at radius 2 is 1.58 bits per heavy atom. The van der Waals surface area contributed by atoms with Crippen LogP contribution in [0.4, 0.5) is 5.69 Å². The largest absolute Gasteiger partial charge is 0.497 e. The molecule has 7 heteroatoms. The molecule has 2 aliphatic rings. The molecule has 0 aliphatic carbocycles. The van der Waals surface area contributed by atoms with Crippen molar-refractivity contribution in [2.45, 2.75) is 31.7 Å². The average molecular weight is 604 g/mol. The maximum absolute atomic E-state index is 14.6. The predicted molar refractivity (Wildman–Crippen MR) is 174 cm³/mol.